The maximum absolute atomic E-state index is 6.14. The first kappa shape index (κ1) is 18.4. The molecular formula is C18H26BNO5. The number of rotatable bonds is 6. The zero-order valence-electron chi connectivity index (χ0n) is 15.8. The van der Waals surface area contributed by atoms with Crippen molar-refractivity contribution in [1.82, 2.24) is 4.98 Å². The lowest BCUT2D eigenvalue weighted by molar-refractivity contribution is -0.150. The normalized spacial score (nSPS) is 19.2. The van der Waals surface area contributed by atoms with Crippen LogP contribution in [0.5, 0.6) is 0 Å². The first-order chi connectivity index (χ1) is 11.8. The maximum Gasteiger partial charge on any atom is 0.500 e. The molecule has 0 unspecified atom stereocenters. The lowest BCUT2D eigenvalue weighted by atomic mass is 9.79. The lowest BCUT2D eigenvalue weighted by Gasteiger charge is -2.32. The Bertz CT molecular complexity index is 720. The molecule has 3 rings (SSSR count). The van der Waals surface area contributed by atoms with Gasteiger partial charge in [0.05, 0.1) is 11.2 Å². The van der Waals surface area contributed by atoms with Crippen molar-refractivity contribution in [2.45, 2.75) is 59.0 Å². The Morgan fingerprint density at radius 2 is 1.64 bits per heavy atom. The second-order valence-corrected chi connectivity index (χ2v) is 7.13. The van der Waals surface area contributed by atoms with Crippen LogP contribution in [0.25, 0.3) is 11.0 Å². The predicted molar refractivity (Wildman–Crippen MR) is 95.7 cm³/mol. The highest BCUT2D eigenvalue weighted by Crippen LogP contribution is 2.37. The molecular weight excluding hydrogens is 321 g/mol. The lowest BCUT2D eigenvalue weighted by Crippen LogP contribution is -2.41. The summed E-state index contributed by atoms with van der Waals surface area (Å²) < 4.78 is 29.6. The van der Waals surface area contributed by atoms with Gasteiger partial charge < -0.3 is 23.2 Å². The Morgan fingerprint density at radius 3 is 2.20 bits per heavy atom. The van der Waals surface area contributed by atoms with E-state index in [0.717, 1.165) is 10.8 Å². The number of pyridine rings is 1. The molecule has 2 aromatic heterocycles. The Kier molecular flexibility index (Phi) is 4.94. The molecule has 136 valence electrons. The average Bonchev–Trinajstić information content (AvgIpc) is 3.05. The minimum atomic E-state index is -0.534. The summed E-state index contributed by atoms with van der Waals surface area (Å²) >= 11 is 0. The third kappa shape index (κ3) is 3.34. The fourth-order valence-electron chi connectivity index (χ4n) is 2.77. The summed E-state index contributed by atoms with van der Waals surface area (Å²) in [4.78, 5) is 4.32. The SMILES string of the molecule is CCOC(OCC)c1cc2cncc(B3OC(C)(C)C(C)(C)O3)c2o1. The summed E-state index contributed by atoms with van der Waals surface area (Å²) in [7, 11) is -0.530. The molecule has 7 heteroatoms. The van der Waals surface area contributed by atoms with E-state index in [9.17, 15) is 0 Å². The molecule has 0 bridgehead atoms. The van der Waals surface area contributed by atoms with Gasteiger partial charge in [-0.3, -0.25) is 4.98 Å². The summed E-state index contributed by atoms with van der Waals surface area (Å²) in [5, 5.41) is 0.867. The van der Waals surface area contributed by atoms with Gasteiger partial charge in [-0.05, 0) is 47.6 Å². The number of furan rings is 1. The predicted octanol–water partition coefficient (Wildman–Crippen LogP) is 3.20. The van der Waals surface area contributed by atoms with E-state index in [1.807, 2.05) is 47.6 Å². The quantitative estimate of drug-likeness (QED) is 0.591. The van der Waals surface area contributed by atoms with Crippen molar-refractivity contribution in [3.05, 3.63) is 24.2 Å². The Hall–Kier alpha value is -1.41. The molecule has 25 heavy (non-hydrogen) atoms. The standard InChI is InChI=1S/C18H26BNO5/c1-7-21-16(22-8-2)14-9-12-10-20-11-13(15(12)23-14)19-24-17(3,4)18(5,6)25-19/h9-11,16H,7-8H2,1-6H3. The van der Waals surface area contributed by atoms with Gasteiger partial charge in [0.2, 0.25) is 6.29 Å². The summed E-state index contributed by atoms with van der Waals surface area (Å²) in [6.45, 7) is 13.0. The van der Waals surface area contributed by atoms with Gasteiger partial charge in [-0.25, -0.2) is 0 Å². The molecule has 0 aliphatic carbocycles. The fourth-order valence-corrected chi connectivity index (χ4v) is 2.77. The van der Waals surface area contributed by atoms with E-state index in [-0.39, 0.29) is 0 Å². The smallest absolute Gasteiger partial charge is 0.456 e. The fraction of sp³-hybridized carbons (Fsp3) is 0.611. The number of fused-ring (bicyclic) bond motifs is 1. The van der Waals surface area contributed by atoms with Crippen LogP contribution in [0, 0.1) is 0 Å². The highest BCUT2D eigenvalue weighted by atomic mass is 16.7. The monoisotopic (exact) mass is 347 g/mol. The number of ether oxygens (including phenoxy) is 2. The molecule has 3 heterocycles. The van der Waals surface area contributed by atoms with E-state index in [0.29, 0.717) is 24.6 Å². The van der Waals surface area contributed by atoms with Crippen LogP contribution in [-0.2, 0) is 18.8 Å². The van der Waals surface area contributed by atoms with Crippen LogP contribution >= 0.6 is 0 Å². The van der Waals surface area contributed by atoms with Gasteiger partial charge in [0, 0.05) is 36.5 Å². The Labute approximate surface area is 148 Å². The van der Waals surface area contributed by atoms with Crippen LogP contribution in [0.4, 0.5) is 0 Å². The minimum Gasteiger partial charge on any atom is -0.456 e. The first-order valence-corrected chi connectivity index (χ1v) is 8.75. The number of hydrogen-bond acceptors (Lipinski definition) is 6. The van der Waals surface area contributed by atoms with E-state index in [1.165, 1.54) is 0 Å². The molecule has 0 spiro atoms. The molecule has 1 aliphatic rings. The van der Waals surface area contributed by atoms with Crippen molar-refractivity contribution in [1.29, 1.82) is 0 Å². The summed E-state index contributed by atoms with van der Waals surface area (Å²) in [5.41, 5.74) is 0.616. The topological polar surface area (TPSA) is 63.0 Å². The highest BCUT2D eigenvalue weighted by molar-refractivity contribution is 6.64. The van der Waals surface area contributed by atoms with Gasteiger partial charge in [0.1, 0.15) is 5.58 Å². The number of aromatic nitrogens is 1. The first-order valence-electron chi connectivity index (χ1n) is 8.75. The van der Waals surface area contributed by atoms with Crippen LogP contribution in [-0.4, -0.2) is 36.5 Å². The molecule has 0 N–H and O–H groups in total. The van der Waals surface area contributed by atoms with Crippen LogP contribution < -0.4 is 5.46 Å². The van der Waals surface area contributed by atoms with Crippen molar-refractivity contribution in [2.75, 3.05) is 13.2 Å². The van der Waals surface area contributed by atoms with E-state index in [4.69, 9.17) is 23.2 Å². The van der Waals surface area contributed by atoms with E-state index in [2.05, 4.69) is 4.98 Å². The van der Waals surface area contributed by atoms with Gasteiger partial charge >= 0.3 is 7.12 Å². The van der Waals surface area contributed by atoms with Crippen molar-refractivity contribution in [3.8, 4) is 0 Å². The van der Waals surface area contributed by atoms with E-state index >= 15 is 0 Å². The third-order valence-corrected chi connectivity index (χ3v) is 4.84. The second kappa shape index (κ2) is 6.72. The van der Waals surface area contributed by atoms with Crippen molar-refractivity contribution >= 4 is 23.6 Å². The molecule has 0 saturated carbocycles. The highest BCUT2D eigenvalue weighted by Gasteiger charge is 2.52. The van der Waals surface area contributed by atoms with Gasteiger partial charge in [0.15, 0.2) is 5.76 Å². The van der Waals surface area contributed by atoms with Crippen molar-refractivity contribution in [2.24, 2.45) is 0 Å². The molecule has 0 atom stereocenters. The zero-order chi connectivity index (χ0) is 18.2. The van der Waals surface area contributed by atoms with E-state index in [1.54, 1.807) is 12.4 Å². The van der Waals surface area contributed by atoms with Crippen LogP contribution in [0.1, 0.15) is 53.6 Å². The average molecular weight is 347 g/mol. The minimum absolute atomic E-state index is 0.422. The van der Waals surface area contributed by atoms with Gasteiger partial charge in [-0.2, -0.15) is 0 Å². The van der Waals surface area contributed by atoms with E-state index < -0.39 is 24.6 Å². The molecule has 1 fully saturated rings. The van der Waals surface area contributed by atoms with Crippen molar-refractivity contribution in [3.63, 3.8) is 0 Å². The Balaban J connectivity index is 1.98. The molecule has 0 radical (unpaired) electrons. The largest absolute Gasteiger partial charge is 0.500 e. The van der Waals surface area contributed by atoms with Crippen LogP contribution in [0.3, 0.4) is 0 Å². The molecule has 1 aliphatic heterocycles. The third-order valence-electron chi connectivity index (χ3n) is 4.84. The molecule has 2 aromatic rings. The van der Waals surface area contributed by atoms with Gasteiger partial charge in [-0.1, -0.05) is 0 Å². The second-order valence-electron chi connectivity index (χ2n) is 7.13. The van der Waals surface area contributed by atoms with Crippen LogP contribution in [0.15, 0.2) is 22.9 Å². The maximum atomic E-state index is 6.14. The zero-order valence-corrected chi connectivity index (χ0v) is 15.8. The van der Waals surface area contributed by atoms with Gasteiger partial charge in [0.25, 0.3) is 0 Å². The molecule has 0 aromatic carbocycles. The number of hydrogen-bond donors (Lipinski definition) is 0. The summed E-state index contributed by atoms with van der Waals surface area (Å²) in [5.74, 6) is 0.615. The summed E-state index contributed by atoms with van der Waals surface area (Å²) in [6.07, 6.45) is 2.95. The van der Waals surface area contributed by atoms with Gasteiger partial charge in [-0.15, -0.1) is 0 Å². The molecule has 0 amide bonds. The Morgan fingerprint density at radius 1 is 1.04 bits per heavy atom. The van der Waals surface area contributed by atoms with Crippen molar-refractivity contribution < 1.29 is 23.2 Å². The summed E-state index contributed by atoms with van der Waals surface area (Å²) in [6, 6.07) is 1.90. The number of nitrogens with zero attached hydrogens (tertiary/aromatic N) is 1. The molecule has 6 nitrogen and oxygen atoms in total. The molecule has 1 saturated heterocycles. The van der Waals surface area contributed by atoms with Crippen LogP contribution in [0.2, 0.25) is 0 Å².